The molecule has 11 heteroatoms. The van der Waals surface area contributed by atoms with Gasteiger partial charge in [-0.05, 0) is 70.6 Å². The summed E-state index contributed by atoms with van der Waals surface area (Å²) in [5, 5.41) is 56.8. The number of carbonyl (C=O) groups excluding carboxylic acids is 2. The molecule has 75 heavy (non-hydrogen) atoms. The molecule has 6 N–H and O–H groups in total. The zero-order valence-corrected chi connectivity index (χ0v) is 47.4. The number of amides is 1. The molecule has 0 aliphatic carbocycles. The van der Waals surface area contributed by atoms with Crippen molar-refractivity contribution < 1.29 is 49.3 Å². The lowest BCUT2D eigenvalue weighted by atomic mass is 9.99. The van der Waals surface area contributed by atoms with E-state index in [0.717, 1.165) is 64.2 Å². The molecule has 11 nitrogen and oxygen atoms in total. The molecule has 8 atom stereocenters. The van der Waals surface area contributed by atoms with Gasteiger partial charge in [0.1, 0.15) is 24.4 Å². The molecule has 0 spiro atoms. The highest BCUT2D eigenvalue weighted by molar-refractivity contribution is 5.80. The molecule has 0 aromatic heterocycles. The maximum atomic E-state index is 13.4. The van der Waals surface area contributed by atoms with Crippen LogP contribution in [0.15, 0.2) is 97.2 Å². The number of rotatable bonds is 49. The first-order valence-corrected chi connectivity index (χ1v) is 30.1. The third-order valence-corrected chi connectivity index (χ3v) is 13.6. The Bertz CT molecular complexity index is 1580. The highest BCUT2D eigenvalue weighted by atomic mass is 16.7. The number of nitrogens with one attached hydrogen (secondary N) is 1. The second kappa shape index (κ2) is 51.3. The Morgan fingerprint density at radius 3 is 1.48 bits per heavy atom. The molecule has 430 valence electrons. The number of hydrogen-bond donors (Lipinski definition) is 6. The van der Waals surface area contributed by atoms with E-state index in [1.54, 1.807) is 6.08 Å². The van der Waals surface area contributed by atoms with Crippen LogP contribution in [0.4, 0.5) is 0 Å². The number of aliphatic hydroxyl groups excluding tert-OH is 5. The van der Waals surface area contributed by atoms with Crippen molar-refractivity contribution in [2.24, 2.45) is 0 Å². The Morgan fingerprint density at radius 2 is 0.973 bits per heavy atom. The van der Waals surface area contributed by atoms with Crippen molar-refractivity contribution in [3.8, 4) is 0 Å². The molecule has 0 saturated carbocycles. The zero-order chi connectivity index (χ0) is 54.7. The second-order valence-electron chi connectivity index (χ2n) is 20.5. The minimum atomic E-state index is -1.63. The molecule has 1 fully saturated rings. The van der Waals surface area contributed by atoms with E-state index in [2.05, 4.69) is 44.3 Å². The highest BCUT2D eigenvalue weighted by Crippen LogP contribution is 2.26. The number of unbranched alkanes of at least 4 members (excludes halogenated alkanes) is 26. The molecule has 1 amide bonds. The van der Waals surface area contributed by atoms with Crippen molar-refractivity contribution in [2.75, 3.05) is 13.2 Å². The standard InChI is InChI=1S/C64H109NO10/c1-4-7-10-13-16-19-22-24-26-28-29-30-32-34-37-40-43-46-49-52-59(69)75-62-61(71)60(70)58(53-66)74-64(62)73-54-55(56(67)50-47-44-41-38-35-21-18-15-12-9-6-3)65-63(72)57(68)51-48-45-42-39-36-33-31-27-25-23-20-17-14-11-8-5-2/h8,11,14,17,20,23-27,31,33,36,39,47,50,55-58,60-62,64,66-68,70-71H,4-7,9-10,12-13,15-16,18-19,21-22,28-30,32,34-35,37-38,40-46,48-49,51-54H2,1-3H3,(H,65,72)/b11-8-,17-14+,23-20+,26-24+,27-25-,33-31+,39-36+,50-47+. The number of aliphatic hydroxyl groups is 5. The van der Waals surface area contributed by atoms with E-state index in [1.165, 1.54) is 122 Å². The summed E-state index contributed by atoms with van der Waals surface area (Å²) in [4.78, 5) is 26.5. The highest BCUT2D eigenvalue weighted by Gasteiger charge is 2.47. The summed E-state index contributed by atoms with van der Waals surface area (Å²) in [5.74, 6) is -1.25. The Kier molecular flexibility index (Phi) is 47.6. The van der Waals surface area contributed by atoms with Gasteiger partial charge in [0.05, 0.1) is 25.4 Å². The van der Waals surface area contributed by atoms with Gasteiger partial charge in [-0.1, -0.05) is 253 Å². The normalized spacial score (nSPS) is 19.9. The van der Waals surface area contributed by atoms with Gasteiger partial charge in [-0.25, -0.2) is 0 Å². The van der Waals surface area contributed by atoms with E-state index in [-0.39, 0.29) is 19.4 Å². The van der Waals surface area contributed by atoms with Gasteiger partial charge in [0, 0.05) is 6.42 Å². The van der Waals surface area contributed by atoms with Crippen LogP contribution in [-0.2, 0) is 23.8 Å². The van der Waals surface area contributed by atoms with Crippen LogP contribution in [0.25, 0.3) is 0 Å². The first-order valence-electron chi connectivity index (χ1n) is 30.1. The fraction of sp³-hybridized carbons (Fsp3) is 0.719. The van der Waals surface area contributed by atoms with Crippen LogP contribution in [0.1, 0.15) is 233 Å². The molecule has 0 radical (unpaired) electrons. The van der Waals surface area contributed by atoms with E-state index in [1.807, 2.05) is 72.9 Å². The van der Waals surface area contributed by atoms with Crippen LogP contribution in [0.5, 0.6) is 0 Å². The molecule has 0 aromatic carbocycles. The summed E-state index contributed by atoms with van der Waals surface area (Å²) in [6.45, 7) is 5.59. The minimum Gasteiger partial charge on any atom is -0.454 e. The quantitative estimate of drug-likeness (QED) is 0.0149. The Morgan fingerprint density at radius 1 is 0.533 bits per heavy atom. The number of esters is 1. The summed E-state index contributed by atoms with van der Waals surface area (Å²) < 4.78 is 17.6. The molecule has 1 aliphatic rings. The molecule has 8 unspecified atom stereocenters. The lowest BCUT2D eigenvalue weighted by Crippen LogP contribution is -2.61. The van der Waals surface area contributed by atoms with E-state index in [4.69, 9.17) is 14.2 Å². The van der Waals surface area contributed by atoms with E-state index >= 15 is 0 Å². The number of carbonyl (C=O) groups is 2. The summed E-state index contributed by atoms with van der Waals surface area (Å²) in [7, 11) is 0. The summed E-state index contributed by atoms with van der Waals surface area (Å²) in [5.41, 5.74) is 0. The molecular weight excluding hydrogens is 943 g/mol. The average Bonchev–Trinajstić information content (AvgIpc) is 3.41. The summed E-state index contributed by atoms with van der Waals surface area (Å²) in [6, 6.07) is -1.05. The van der Waals surface area contributed by atoms with Gasteiger partial charge < -0.3 is 45.1 Å². The van der Waals surface area contributed by atoms with Crippen LogP contribution < -0.4 is 5.32 Å². The van der Waals surface area contributed by atoms with Crippen LogP contribution in [0.3, 0.4) is 0 Å². The van der Waals surface area contributed by atoms with Crippen molar-refractivity contribution in [1.82, 2.24) is 5.32 Å². The van der Waals surface area contributed by atoms with Crippen LogP contribution in [0.2, 0.25) is 0 Å². The maximum absolute atomic E-state index is 13.4. The van der Waals surface area contributed by atoms with E-state index < -0.39 is 67.4 Å². The molecule has 1 aliphatic heterocycles. The minimum absolute atomic E-state index is 0.111. The van der Waals surface area contributed by atoms with Gasteiger partial charge >= 0.3 is 5.97 Å². The van der Waals surface area contributed by atoms with Crippen LogP contribution >= 0.6 is 0 Å². The smallest absolute Gasteiger partial charge is 0.306 e. The predicted octanol–water partition coefficient (Wildman–Crippen LogP) is 13.9. The number of ether oxygens (including phenoxy) is 3. The molecular formula is C64H109NO10. The SMILES string of the molecule is CC\C=C/C=C/C=C/C=C\C=C\C=C\CCCCC(O)C(=O)NC(COC1OC(CO)C(O)C(O)C1OC(=O)CCCCCCCCCCC/C=C/CCCCCCCC)C(O)/C=C/CCCCCCCCCCC. The largest absolute Gasteiger partial charge is 0.454 e. The third-order valence-electron chi connectivity index (χ3n) is 13.6. The van der Waals surface area contributed by atoms with Gasteiger partial charge in [0.25, 0.3) is 0 Å². The van der Waals surface area contributed by atoms with Crippen molar-refractivity contribution in [3.05, 3.63) is 97.2 Å². The first kappa shape index (κ1) is 69.6. The maximum Gasteiger partial charge on any atom is 0.306 e. The van der Waals surface area contributed by atoms with Gasteiger partial charge in [-0.3, -0.25) is 9.59 Å². The molecule has 0 aromatic rings. The van der Waals surface area contributed by atoms with E-state index in [0.29, 0.717) is 12.8 Å². The zero-order valence-electron chi connectivity index (χ0n) is 47.4. The van der Waals surface area contributed by atoms with Crippen LogP contribution in [-0.4, -0.2) is 99.6 Å². The monoisotopic (exact) mass is 1050 g/mol. The molecule has 1 rings (SSSR count). The Balaban J connectivity index is 2.72. The second-order valence-corrected chi connectivity index (χ2v) is 20.5. The van der Waals surface area contributed by atoms with Crippen LogP contribution in [0, 0.1) is 0 Å². The topological polar surface area (TPSA) is 175 Å². The van der Waals surface area contributed by atoms with Crippen molar-refractivity contribution in [1.29, 1.82) is 0 Å². The molecule has 0 bridgehead atoms. The third kappa shape index (κ3) is 39.6. The number of allylic oxidation sites excluding steroid dienone is 15. The fourth-order valence-electron chi connectivity index (χ4n) is 8.85. The van der Waals surface area contributed by atoms with Gasteiger partial charge in [-0.15, -0.1) is 0 Å². The van der Waals surface area contributed by atoms with Gasteiger partial charge in [0.15, 0.2) is 12.4 Å². The lowest BCUT2D eigenvalue weighted by Gasteiger charge is -2.41. The van der Waals surface area contributed by atoms with Gasteiger partial charge in [-0.2, -0.15) is 0 Å². The molecule has 1 heterocycles. The predicted molar refractivity (Wildman–Crippen MR) is 310 cm³/mol. The first-order chi connectivity index (χ1) is 36.7. The van der Waals surface area contributed by atoms with Crippen molar-refractivity contribution in [3.63, 3.8) is 0 Å². The van der Waals surface area contributed by atoms with E-state index in [9.17, 15) is 35.1 Å². The summed E-state index contributed by atoms with van der Waals surface area (Å²) >= 11 is 0. The van der Waals surface area contributed by atoms with Crippen molar-refractivity contribution >= 4 is 11.9 Å². The Labute approximate surface area is 456 Å². The number of hydrogen-bond acceptors (Lipinski definition) is 10. The Hall–Kier alpha value is -3.42. The van der Waals surface area contributed by atoms with Gasteiger partial charge in [0.2, 0.25) is 5.91 Å². The fourth-order valence-corrected chi connectivity index (χ4v) is 8.85. The van der Waals surface area contributed by atoms with Crippen molar-refractivity contribution in [2.45, 2.75) is 282 Å². The molecule has 1 saturated heterocycles. The average molecular weight is 1050 g/mol. The summed E-state index contributed by atoms with van der Waals surface area (Å²) in [6.07, 6.45) is 57.3. The lowest BCUT2D eigenvalue weighted by molar-refractivity contribution is -0.305.